The van der Waals surface area contributed by atoms with Crippen molar-refractivity contribution in [3.05, 3.63) is 30.5 Å². The van der Waals surface area contributed by atoms with Crippen LogP contribution in [0.5, 0.6) is 0 Å². The second-order valence-corrected chi connectivity index (χ2v) is 7.49. The fourth-order valence-corrected chi connectivity index (χ4v) is 3.25. The third-order valence-electron chi connectivity index (χ3n) is 3.94. The van der Waals surface area contributed by atoms with Gasteiger partial charge in [-0.25, -0.2) is 13.4 Å². The maximum atomic E-state index is 11.4. The van der Waals surface area contributed by atoms with Crippen LogP contribution in [0, 0.1) is 5.92 Å². The Balaban J connectivity index is 2.12. The van der Waals surface area contributed by atoms with Crippen molar-refractivity contribution in [1.29, 1.82) is 0 Å². The van der Waals surface area contributed by atoms with Crippen LogP contribution in [0.4, 0.5) is 0 Å². The van der Waals surface area contributed by atoms with Crippen molar-refractivity contribution in [3.63, 3.8) is 0 Å². The van der Waals surface area contributed by atoms with E-state index in [1.807, 2.05) is 0 Å². The predicted molar refractivity (Wildman–Crippen MR) is 79.0 cm³/mol. The summed E-state index contributed by atoms with van der Waals surface area (Å²) in [6, 6.07) is 3.13. The number of aromatic nitrogens is 1. The van der Waals surface area contributed by atoms with Crippen LogP contribution in [-0.2, 0) is 9.84 Å². The Bertz CT molecular complexity index is 572. The summed E-state index contributed by atoms with van der Waals surface area (Å²) in [6.45, 7) is 3.95. The number of sulfone groups is 1. The van der Waals surface area contributed by atoms with Gasteiger partial charge in [-0.1, -0.05) is 31.9 Å². The van der Waals surface area contributed by atoms with Gasteiger partial charge in [0, 0.05) is 12.5 Å². The van der Waals surface area contributed by atoms with Crippen LogP contribution in [0.25, 0.3) is 5.57 Å². The summed E-state index contributed by atoms with van der Waals surface area (Å²) < 4.78 is 22.7. The minimum Gasteiger partial charge on any atom is -0.388 e. The molecule has 2 rings (SSSR count). The number of hydrogen-bond donors (Lipinski definition) is 1. The smallest absolute Gasteiger partial charge is 0.192 e. The first kappa shape index (κ1) is 15.2. The molecule has 0 aliphatic heterocycles. The van der Waals surface area contributed by atoms with Gasteiger partial charge in [0.25, 0.3) is 0 Å². The van der Waals surface area contributed by atoms with Crippen molar-refractivity contribution in [1.82, 2.24) is 4.98 Å². The molecule has 1 aliphatic rings. The minimum atomic E-state index is -3.29. The van der Waals surface area contributed by atoms with E-state index in [4.69, 9.17) is 0 Å². The molecule has 4 nitrogen and oxygen atoms in total. The van der Waals surface area contributed by atoms with Gasteiger partial charge in [-0.15, -0.1) is 0 Å². The fourth-order valence-electron chi connectivity index (χ4n) is 2.69. The van der Waals surface area contributed by atoms with Crippen molar-refractivity contribution in [2.45, 2.75) is 43.2 Å². The maximum Gasteiger partial charge on any atom is 0.192 e. The van der Waals surface area contributed by atoms with E-state index in [0.29, 0.717) is 11.1 Å². The zero-order valence-electron chi connectivity index (χ0n) is 11.7. The van der Waals surface area contributed by atoms with Gasteiger partial charge >= 0.3 is 0 Å². The Morgan fingerprint density at radius 2 is 2.00 bits per heavy atom. The van der Waals surface area contributed by atoms with Crippen LogP contribution in [0.1, 0.15) is 37.7 Å². The Morgan fingerprint density at radius 1 is 1.35 bits per heavy atom. The number of aliphatic hydroxyl groups is 1. The molecule has 1 unspecified atom stereocenters. The predicted octanol–water partition coefficient (Wildman–Crippen LogP) is 2.44. The van der Waals surface area contributed by atoms with Crippen molar-refractivity contribution < 1.29 is 13.5 Å². The van der Waals surface area contributed by atoms with Gasteiger partial charge in [0.05, 0.1) is 6.10 Å². The molecular weight excluding hydrogens is 274 g/mol. The lowest BCUT2D eigenvalue weighted by molar-refractivity contribution is 0.133. The molecule has 5 heteroatoms. The van der Waals surface area contributed by atoms with E-state index in [1.54, 1.807) is 6.07 Å². The minimum absolute atomic E-state index is 0.0428. The van der Waals surface area contributed by atoms with Gasteiger partial charge in [-0.2, -0.15) is 0 Å². The summed E-state index contributed by atoms with van der Waals surface area (Å²) in [7, 11) is -3.29. The lowest BCUT2D eigenvalue weighted by Crippen LogP contribution is -2.23. The highest BCUT2D eigenvalue weighted by molar-refractivity contribution is 7.90. The van der Waals surface area contributed by atoms with Gasteiger partial charge in [-0.05, 0) is 36.0 Å². The highest BCUT2D eigenvalue weighted by Crippen LogP contribution is 2.32. The third kappa shape index (κ3) is 3.46. The molecule has 0 spiro atoms. The van der Waals surface area contributed by atoms with Gasteiger partial charge in [0.1, 0.15) is 0 Å². The van der Waals surface area contributed by atoms with Crippen molar-refractivity contribution in [2.75, 3.05) is 6.26 Å². The van der Waals surface area contributed by atoms with Gasteiger partial charge in [0.2, 0.25) is 0 Å². The van der Waals surface area contributed by atoms with Gasteiger partial charge < -0.3 is 5.11 Å². The van der Waals surface area contributed by atoms with E-state index >= 15 is 0 Å². The Kier molecular flexibility index (Phi) is 4.60. The topological polar surface area (TPSA) is 67.3 Å². The molecule has 0 bridgehead atoms. The Labute approximate surface area is 120 Å². The first-order valence-electron chi connectivity index (χ1n) is 6.93. The fraction of sp³-hybridized carbons (Fsp3) is 0.533. The van der Waals surface area contributed by atoms with Crippen LogP contribution in [0.3, 0.4) is 0 Å². The van der Waals surface area contributed by atoms with E-state index in [2.05, 4.69) is 11.6 Å². The number of hydrogen-bond acceptors (Lipinski definition) is 4. The number of rotatable bonds is 4. The molecule has 1 heterocycles. The molecule has 1 aromatic heterocycles. The first-order valence-corrected chi connectivity index (χ1v) is 8.82. The molecule has 0 aromatic carbocycles. The quantitative estimate of drug-likeness (QED) is 0.926. The Hall–Kier alpha value is -1.20. The number of nitrogens with zero attached hydrogens (tertiary/aromatic N) is 1. The molecule has 0 saturated heterocycles. The molecule has 1 saturated carbocycles. The molecule has 20 heavy (non-hydrogen) atoms. The average molecular weight is 295 g/mol. The maximum absolute atomic E-state index is 11.4. The zero-order chi connectivity index (χ0) is 14.8. The van der Waals surface area contributed by atoms with Crippen LogP contribution in [0.2, 0.25) is 0 Å². The van der Waals surface area contributed by atoms with Crippen LogP contribution >= 0.6 is 0 Å². The van der Waals surface area contributed by atoms with Crippen molar-refractivity contribution in [3.8, 4) is 0 Å². The summed E-state index contributed by atoms with van der Waals surface area (Å²) in [5.41, 5.74) is 1.33. The second-order valence-electron chi connectivity index (χ2n) is 5.53. The SMILES string of the molecule is C=C(c1ccc(S(C)(=O)=O)nc1)C(O)C1CCCCC1. The van der Waals surface area contributed by atoms with E-state index < -0.39 is 15.9 Å². The standard InChI is InChI=1S/C15H21NO3S/c1-11(15(17)12-6-4-3-5-7-12)13-8-9-14(16-10-13)20(2,18)19/h8-10,12,15,17H,1,3-7H2,2H3. The van der Waals surface area contributed by atoms with Gasteiger partial charge in [-0.3, -0.25) is 0 Å². The van der Waals surface area contributed by atoms with Gasteiger partial charge in [0.15, 0.2) is 14.9 Å². The highest BCUT2D eigenvalue weighted by atomic mass is 32.2. The van der Waals surface area contributed by atoms with Crippen LogP contribution in [-0.4, -0.2) is 30.9 Å². The second kappa shape index (κ2) is 6.06. The molecule has 0 radical (unpaired) electrons. The van der Waals surface area contributed by atoms with Crippen molar-refractivity contribution in [2.24, 2.45) is 5.92 Å². The van der Waals surface area contributed by atoms with Crippen LogP contribution < -0.4 is 0 Å². The van der Waals surface area contributed by atoms with E-state index in [1.165, 1.54) is 18.7 Å². The summed E-state index contributed by atoms with van der Waals surface area (Å²) in [6.07, 6.45) is 7.62. The Morgan fingerprint density at radius 3 is 2.50 bits per heavy atom. The molecular formula is C15H21NO3S. The zero-order valence-corrected chi connectivity index (χ0v) is 12.6. The summed E-state index contributed by atoms with van der Waals surface area (Å²) in [5, 5.41) is 10.4. The first-order chi connectivity index (χ1) is 9.39. The summed E-state index contributed by atoms with van der Waals surface area (Å²) in [5.74, 6) is 0.255. The number of pyridine rings is 1. The van der Waals surface area contributed by atoms with Crippen molar-refractivity contribution >= 4 is 15.4 Å². The third-order valence-corrected chi connectivity index (χ3v) is 4.94. The lowest BCUT2D eigenvalue weighted by atomic mass is 9.81. The van der Waals surface area contributed by atoms with Crippen LogP contribution in [0.15, 0.2) is 29.9 Å². The molecule has 1 aliphatic carbocycles. The molecule has 110 valence electrons. The molecule has 1 atom stereocenters. The lowest BCUT2D eigenvalue weighted by Gasteiger charge is -2.28. The largest absolute Gasteiger partial charge is 0.388 e. The number of aliphatic hydroxyl groups excluding tert-OH is 1. The molecule has 1 fully saturated rings. The van der Waals surface area contributed by atoms with E-state index in [0.717, 1.165) is 31.9 Å². The summed E-state index contributed by atoms with van der Waals surface area (Å²) >= 11 is 0. The summed E-state index contributed by atoms with van der Waals surface area (Å²) in [4.78, 5) is 3.94. The molecule has 1 aromatic rings. The van der Waals surface area contributed by atoms with E-state index in [9.17, 15) is 13.5 Å². The average Bonchev–Trinajstić information content (AvgIpc) is 2.46. The normalized spacial score (nSPS) is 18.7. The van der Waals surface area contributed by atoms with E-state index in [-0.39, 0.29) is 10.9 Å². The molecule has 0 amide bonds. The molecule has 1 N–H and O–H groups in total. The highest BCUT2D eigenvalue weighted by Gasteiger charge is 2.24. The monoisotopic (exact) mass is 295 g/mol.